The minimum absolute atomic E-state index is 0.0250. The second-order valence-electron chi connectivity index (χ2n) is 14.9. The fraction of sp³-hybridized carbons (Fsp3) is 0.413. The largest absolute Gasteiger partial charge is 0.481 e. The summed E-state index contributed by atoms with van der Waals surface area (Å²) in [5.41, 5.74) is 2.71. The highest BCUT2D eigenvalue weighted by Gasteiger charge is 2.43. The van der Waals surface area contributed by atoms with Gasteiger partial charge in [0.1, 0.15) is 29.1 Å². The van der Waals surface area contributed by atoms with Crippen molar-refractivity contribution in [1.29, 1.82) is 10.5 Å². The van der Waals surface area contributed by atoms with Gasteiger partial charge < -0.3 is 9.64 Å². The zero-order valence-electron chi connectivity index (χ0n) is 32.3. The Bertz CT molecular complexity index is 2150. The Morgan fingerprint density at radius 1 is 0.782 bits per heavy atom. The molecule has 0 atom stereocenters. The van der Waals surface area contributed by atoms with Gasteiger partial charge in [0.2, 0.25) is 0 Å². The minimum Gasteiger partial charge on any atom is -0.481 e. The molecule has 1 aliphatic heterocycles. The van der Waals surface area contributed by atoms with E-state index in [0.29, 0.717) is 4.88 Å². The fourth-order valence-corrected chi connectivity index (χ4v) is 10.3. The lowest BCUT2D eigenvalue weighted by atomic mass is 9.81. The monoisotopic (exact) mass is 777 g/mol. The average molecular weight is 778 g/mol. The van der Waals surface area contributed by atoms with Gasteiger partial charge in [-0.3, -0.25) is 4.79 Å². The second-order valence-corrected chi connectivity index (χ2v) is 17.1. The third-order valence-electron chi connectivity index (χ3n) is 10.8. The first kappa shape index (κ1) is 40.1. The third kappa shape index (κ3) is 8.49. The van der Waals surface area contributed by atoms with Crippen LogP contribution in [0.2, 0.25) is 0 Å². The van der Waals surface area contributed by atoms with Gasteiger partial charge in [-0.2, -0.15) is 10.5 Å². The Hall–Kier alpha value is -4.57. The van der Waals surface area contributed by atoms with E-state index in [1.165, 1.54) is 73.1 Å². The first-order valence-corrected chi connectivity index (χ1v) is 21.3. The van der Waals surface area contributed by atoms with E-state index >= 15 is 0 Å². The van der Waals surface area contributed by atoms with Crippen LogP contribution in [-0.4, -0.2) is 19.9 Å². The normalized spacial score (nSPS) is 14.6. The number of nitrogens with zero attached hydrogens (tertiary/aromatic N) is 3. The molecule has 2 aliphatic rings. The van der Waals surface area contributed by atoms with Crippen molar-refractivity contribution < 1.29 is 18.3 Å². The van der Waals surface area contributed by atoms with Crippen LogP contribution in [0.3, 0.4) is 0 Å². The lowest BCUT2D eigenvalue weighted by Gasteiger charge is -2.38. The average Bonchev–Trinajstić information content (AvgIpc) is 3.87. The summed E-state index contributed by atoms with van der Waals surface area (Å²) in [7, 11) is 4.07. The van der Waals surface area contributed by atoms with E-state index in [1.54, 1.807) is 17.4 Å². The number of allylic oxidation sites excluding steroid dienone is 3. The molecule has 5 nitrogen and oxygen atoms in total. The lowest BCUT2D eigenvalue weighted by Crippen LogP contribution is -2.35. The topological polar surface area (TPSA) is 77.1 Å². The fourth-order valence-electron chi connectivity index (χ4n) is 7.84. The van der Waals surface area contributed by atoms with Crippen molar-refractivity contribution in [3.8, 4) is 38.1 Å². The molecule has 0 amide bonds. The Morgan fingerprint density at radius 2 is 1.36 bits per heavy atom. The molecule has 0 fully saturated rings. The van der Waals surface area contributed by atoms with Crippen molar-refractivity contribution in [3.05, 3.63) is 92.9 Å². The quantitative estimate of drug-likeness (QED) is 0.0606. The second kappa shape index (κ2) is 17.9. The molecule has 0 unspecified atom stereocenters. The first-order valence-electron chi connectivity index (χ1n) is 19.7. The number of Topliss-reactive ketones (excluding diaryl/α,β-unsaturated/α-hetero) is 1. The van der Waals surface area contributed by atoms with E-state index < -0.39 is 23.0 Å². The number of anilines is 1. The number of unbranched alkanes of at least 4 members (excludes halogenated alkanes) is 10. The molecule has 0 saturated carbocycles. The van der Waals surface area contributed by atoms with Gasteiger partial charge in [-0.15, -0.1) is 22.7 Å². The molecular formula is C46H49F2N3O2S2. The summed E-state index contributed by atoms with van der Waals surface area (Å²) in [6, 6.07) is 18.4. The SMILES string of the molecule is CCCCCCCCC1(CCCCCCCC)Oc2cc(/C=C3\C(=O)c4cc(F)c(F)cc4C3=C(C#N)C#N)sc2-c2sc(-c3ccc(N(C)C)cc3)cc21. The van der Waals surface area contributed by atoms with Gasteiger partial charge in [0.05, 0.1) is 9.75 Å². The van der Waals surface area contributed by atoms with Crippen LogP contribution in [0, 0.1) is 34.3 Å². The van der Waals surface area contributed by atoms with Crippen molar-refractivity contribution in [2.75, 3.05) is 19.0 Å². The highest BCUT2D eigenvalue weighted by molar-refractivity contribution is 7.24. The number of rotatable bonds is 17. The van der Waals surface area contributed by atoms with Gasteiger partial charge in [-0.25, -0.2) is 8.78 Å². The van der Waals surface area contributed by atoms with Crippen molar-refractivity contribution in [2.45, 2.75) is 109 Å². The van der Waals surface area contributed by atoms with Gasteiger partial charge in [-0.1, -0.05) is 90.2 Å². The predicted octanol–water partition coefficient (Wildman–Crippen LogP) is 13.7. The van der Waals surface area contributed by atoms with Gasteiger partial charge in [0, 0.05) is 51.8 Å². The van der Waals surface area contributed by atoms with Crippen LogP contribution in [0.4, 0.5) is 14.5 Å². The molecule has 9 heteroatoms. The number of hydrogen-bond acceptors (Lipinski definition) is 7. The number of fused-ring (bicyclic) bond motifs is 4. The van der Waals surface area contributed by atoms with E-state index in [9.17, 15) is 24.1 Å². The number of ether oxygens (including phenoxy) is 1. The van der Waals surface area contributed by atoms with Crippen LogP contribution in [0.25, 0.3) is 31.8 Å². The molecule has 6 rings (SSSR count). The van der Waals surface area contributed by atoms with Crippen LogP contribution in [-0.2, 0) is 5.60 Å². The Balaban J connectivity index is 1.45. The summed E-state index contributed by atoms with van der Waals surface area (Å²) in [5.74, 6) is -2.11. The number of ketones is 1. The predicted molar refractivity (Wildman–Crippen MR) is 222 cm³/mol. The molecule has 55 heavy (non-hydrogen) atoms. The number of thiophene rings is 2. The molecule has 2 aromatic carbocycles. The summed E-state index contributed by atoms with van der Waals surface area (Å²) < 4.78 is 36.1. The van der Waals surface area contributed by atoms with E-state index in [1.807, 2.05) is 32.3 Å². The van der Waals surface area contributed by atoms with Crippen LogP contribution in [0.5, 0.6) is 5.75 Å². The molecule has 286 valence electrons. The minimum atomic E-state index is -1.16. The van der Waals surface area contributed by atoms with E-state index in [2.05, 4.69) is 49.1 Å². The highest BCUT2D eigenvalue weighted by atomic mass is 32.1. The number of carbonyl (C=O) groups is 1. The summed E-state index contributed by atoms with van der Waals surface area (Å²) in [4.78, 5) is 19.9. The zero-order valence-corrected chi connectivity index (χ0v) is 34.0. The number of halogens is 2. The maximum absolute atomic E-state index is 14.5. The van der Waals surface area contributed by atoms with Crippen molar-refractivity contribution in [3.63, 3.8) is 0 Å². The maximum atomic E-state index is 14.5. The maximum Gasteiger partial charge on any atom is 0.194 e. The highest BCUT2D eigenvalue weighted by Crippen LogP contribution is 2.57. The molecule has 0 N–H and O–H groups in total. The summed E-state index contributed by atoms with van der Waals surface area (Å²) in [6.07, 6.45) is 17.6. The molecule has 0 bridgehead atoms. The Kier molecular flexibility index (Phi) is 13.1. The number of benzene rings is 2. The number of carbonyl (C=O) groups excluding carboxylic acids is 1. The van der Waals surface area contributed by atoms with E-state index in [4.69, 9.17) is 4.74 Å². The van der Waals surface area contributed by atoms with Crippen LogP contribution < -0.4 is 9.64 Å². The molecule has 3 heterocycles. The first-order chi connectivity index (χ1) is 26.6. The van der Waals surface area contributed by atoms with Crippen molar-refractivity contribution in [2.24, 2.45) is 0 Å². The van der Waals surface area contributed by atoms with Crippen LogP contribution >= 0.6 is 22.7 Å². The Labute approximate surface area is 332 Å². The van der Waals surface area contributed by atoms with Gasteiger partial charge in [-0.05, 0) is 79.3 Å². The Morgan fingerprint density at radius 3 is 1.95 bits per heavy atom. The zero-order chi connectivity index (χ0) is 39.1. The summed E-state index contributed by atoms with van der Waals surface area (Å²) in [6.45, 7) is 4.48. The number of nitriles is 2. The lowest BCUT2D eigenvalue weighted by molar-refractivity contribution is 0.0397. The van der Waals surface area contributed by atoms with Crippen molar-refractivity contribution >= 4 is 45.8 Å². The molecule has 0 saturated heterocycles. The van der Waals surface area contributed by atoms with Crippen LogP contribution in [0.15, 0.2) is 59.7 Å². The third-order valence-corrected chi connectivity index (χ3v) is 13.2. The van der Waals surface area contributed by atoms with Crippen LogP contribution in [0.1, 0.15) is 130 Å². The standard InChI is InChI=1S/C46H49F2N3O2S2/c1-5-7-9-11-13-15-21-46(22-16-14-12-10-8-6-2)37-27-41(30-17-19-32(20-18-30)51(3)4)55-44(37)45-40(53-46)24-33(54-45)23-36-42(31(28-49)29-50)34-25-38(47)39(48)26-35(34)43(36)52/h17-20,23-27H,5-16,21-22H2,1-4H3/b36-23-. The van der Waals surface area contributed by atoms with Crippen molar-refractivity contribution in [1.82, 2.24) is 0 Å². The van der Waals surface area contributed by atoms with Gasteiger partial charge in [0.15, 0.2) is 17.4 Å². The molecule has 4 aromatic rings. The molecule has 1 aliphatic carbocycles. The van der Waals surface area contributed by atoms with Gasteiger partial charge in [0.25, 0.3) is 0 Å². The molecule has 0 radical (unpaired) electrons. The molecule has 2 aromatic heterocycles. The molecule has 0 spiro atoms. The molecular weight excluding hydrogens is 729 g/mol. The van der Waals surface area contributed by atoms with Gasteiger partial charge >= 0.3 is 0 Å². The smallest absolute Gasteiger partial charge is 0.194 e. The number of hydrogen-bond donors (Lipinski definition) is 0. The summed E-state index contributed by atoms with van der Waals surface area (Å²) in [5, 5.41) is 19.7. The van der Waals surface area contributed by atoms with E-state index in [0.717, 1.165) is 77.4 Å². The van der Waals surface area contributed by atoms with E-state index in [-0.39, 0.29) is 27.8 Å². The summed E-state index contributed by atoms with van der Waals surface area (Å²) >= 11 is 3.25.